The van der Waals surface area contributed by atoms with E-state index in [2.05, 4.69) is 20.3 Å². The fourth-order valence-corrected chi connectivity index (χ4v) is 3.58. The van der Waals surface area contributed by atoms with Crippen LogP contribution in [0.1, 0.15) is 12.6 Å². The summed E-state index contributed by atoms with van der Waals surface area (Å²) in [6.45, 7) is 0.986. The second-order valence-electron chi connectivity index (χ2n) is 4.79. The van der Waals surface area contributed by atoms with Crippen LogP contribution in [-0.2, 0) is 29.5 Å². The SMILES string of the molecule is CON=C(C(=O)N[C@@H]1C(=O)N(S(=O)(=O)[O-])[C@@H]1C(C)=O)c1csc(N)n1.[Na+]. The van der Waals surface area contributed by atoms with Gasteiger partial charge < -0.3 is 20.4 Å². The Labute approximate surface area is 173 Å². The molecule has 3 N–H and O–H groups in total. The summed E-state index contributed by atoms with van der Waals surface area (Å²) in [4.78, 5) is 44.1. The first kappa shape index (κ1) is 22.5. The third-order valence-corrected chi connectivity index (χ3v) is 4.72. The van der Waals surface area contributed by atoms with E-state index >= 15 is 0 Å². The molecule has 2 heterocycles. The summed E-state index contributed by atoms with van der Waals surface area (Å²) >= 11 is 1.02. The first-order valence-electron chi connectivity index (χ1n) is 6.50. The molecule has 136 valence electrons. The molecule has 0 saturated carbocycles. The van der Waals surface area contributed by atoms with Gasteiger partial charge in [-0.25, -0.2) is 17.7 Å². The molecule has 1 aliphatic rings. The van der Waals surface area contributed by atoms with Crippen molar-refractivity contribution < 1.29 is 61.7 Å². The molecule has 2 rings (SSSR count). The van der Waals surface area contributed by atoms with Crippen LogP contribution in [0.15, 0.2) is 10.5 Å². The number of ketones is 1. The van der Waals surface area contributed by atoms with Crippen LogP contribution in [0.4, 0.5) is 5.13 Å². The summed E-state index contributed by atoms with van der Waals surface area (Å²) in [5.41, 5.74) is 5.19. The number of carbonyl (C=O) groups is 3. The van der Waals surface area contributed by atoms with Gasteiger partial charge >= 0.3 is 29.6 Å². The second-order valence-corrected chi connectivity index (χ2v) is 6.93. The van der Waals surface area contributed by atoms with Gasteiger partial charge in [0, 0.05) is 5.38 Å². The Bertz CT molecular complexity index is 868. The third kappa shape index (κ3) is 4.39. The minimum absolute atomic E-state index is 0. The predicted molar refractivity (Wildman–Crippen MR) is 83.0 cm³/mol. The predicted octanol–water partition coefficient (Wildman–Crippen LogP) is -5.18. The van der Waals surface area contributed by atoms with Crippen molar-refractivity contribution >= 4 is 50.1 Å². The molecule has 2 atom stereocenters. The van der Waals surface area contributed by atoms with Gasteiger partial charge in [-0.05, 0) is 6.92 Å². The van der Waals surface area contributed by atoms with Crippen LogP contribution in [0, 0.1) is 0 Å². The van der Waals surface area contributed by atoms with E-state index in [-0.39, 0.29) is 50.4 Å². The number of thiazole rings is 1. The summed E-state index contributed by atoms with van der Waals surface area (Å²) in [5.74, 6) is -2.97. The largest absolute Gasteiger partial charge is 1.00 e. The maximum absolute atomic E-state index is 12.3. The van der Waals surface area contributed by atoms with Crippen LogP contribution in [0.3, 0.4) is 0 Å². The van der Waals surface area contributed by atoms with Gasteiger partial charge in [-0.1, -0.05) is 5.16 Å². The van der Waals surface area contributed by atoms with Gasteiger partial charge in [0.2, 0.25) is 0 Å². The minimum atomic E-state index is -5.18. The molecule has 1 aromatic rings. The van der Waals surface area contributed by atoms with Crippen molar-refractivity contribution in [3.05, 3.63) is 11.1 Å². The number of oxime groups is 1. The topological polar surface area (TPSA) is 184 Å². The zero-order chi connectivity index (χ0) is 18.9. The van der Waals surface area contributed by atoms with Crippen molar-refractivity contribution in [1.82, 2.24) is 14.6 Å². The molecule has 0 aliphatic carbocycles. The average molecular weight is 413 g/mol. The number of anilines is 1. The average Bonchev–Trinajstić information content (AvgIpc) is 2.91. The van der Waals surface area contributed by atoms with Crippen molar-refractivity contribution in [2.45, 2.75) is 19.0 Å². The summed E-state index contributed by atoms with van der Waals surface area (Å²) in [6.07, 6.45) is 0. The molecule has 1 aliphatic heterocycles. The molecule has 1 aromatic heterocycles. The number of Topliss-reactive ketones (excluding diaryl/α,β-unsaturated/α-hetero) is 1. The molecule has 12 nitrogen and oxygen atoms in total. The summed E-state index contributed by atoms with van der Waals surface area (Å²) in [6, 6.07) is -3.14. The molecule has 1 fully saturated rings. The fourth-order valence-electron chi connectivity index (χ4n) is 2.15. The van der Waals surface area contributed by atoms with Crippen LogP contribution >= 0.6 is 11.3 Å². The molecule has 0 spiro atoms. The van der Waals surface area contributed by atoms with Crippen LogP contribution in [0.25, 0.3) is 0 Å². The molecule has 0 radical (unpaired) electrons. The van der Waals surface area contributed by atoms with Gasteiger partial charge in [-0.15, -0.1) is 11.3 Å². The monoisotopic (exact) mass is 413 g/mol. The Morgan fingerprint density at radius 1 is 1.50 bits per heavy atom. The molecule has 2 amide bonds. The Morgan fingerprint density at radius 2 is 2.12 bits per heavy atom. The zero-order valence-corrected chi connectivity index (χ0v) is 17.5. The van der Waals surface area contributed by atoms with E-state index in [1.54, 1.807) is 0 Å². The second kappa shape index (κ2) is 8.41. The van der Waals surface area contributed by atoms with E-state index < -0.39 is 40.0 Å². The number of nitrogens with zero attached hydrogens (tertiary/aromatic N) is 3. The van der Waals surface area contributed by atoms with Crippen LogP contribution in [-0.4, -0.2) is 64.8 Å². The smallest absolute Gasteiger partial charge is 0.731 e. The van der Waals surface area contributed by atoms with Gasteiger partial charge in [0.25, 0.3) is 11.8 Å². The Kier molecular flexibility index (Phi) is 7.26. The van der Waals surface area contributed by atoms with Gasteiger partial charge in [-0.3, -0.25) is 14.4 Å². The van der Waals surface area contributed by atoms with Crippen LogP contribution < -0.4 is 40.6 Å². The third-order valence-electron chi connectivity index (χ3n) is 3.16. The van der Waals surface area contributed by atoms with Crippen molar-refractivity contribution in [2.75, 3.05) is 12.8 Å². The quantitative estimate of drug-likeness (QED) is 0.151. The zero-order valence-electron chi connectivity index (χ0n) is 13.8. The molecule has 26 heavy (non-hydrogen) atoms. The molecule has 15 heteroatoms. The standard InChI is InChI=1S/C11H13N5O7S2.Na/c1-4(17)8-7(10(19)16(8)25(20,21)22)14-9(18)6(15-23-2)5-3-24-11(12)13-5;/h3,7-8H,1-2H3,(H2,12,13)(H,14,18)(H,20,21,22);/q;+1/p-1/t7-,8+;/m0./s1. The summed E-state index contributed by atoms with van der Waals surface area (Å²) in [5, 5.41) is 7.19. The van der Waals surface area contributed by atoms with E-state index in [0.717, 1.165) is 18.3 Å². The molecule has 1 saturated heterocycles. The molecule has 0 bridgehead atoms. The molecular weight excluding hydrogens is 401 g/mol. The number of hydrogen-bond donors (Lipinski definition) is 2. The van der Waals surface area contributed by atoms with E-state index in [4.69, 9.17) is 5.73 Å². The van der Waals surface area contributed by atoms with Gasteiger partial charge in [0.05, 0.1) is 0 Å². The van der Waals surface area contributed by atoms with Gasteiger partial charge in [0.15, 0.2) is 26.9 Å². The molecule has 0 aromatic carbocycles. The van der Waals surface area contributed by atoms with Crippen molar-refractivity contribution in [1.29, 1.82) is 0 Å². The number of hydrogen-bond acceptors (Lipinski definition) is 11. The molecule has 0 unspecified atom stereocenters. The van der Waals surface area contributed by atoms with Gasteiger partial charge in [-0.2, -0.15) is 0 Å². The number of aromatic nitrogens is 1. The summed E-state index contributed by atoms with van der Waals surface area (Å²) in [7, 11) is -4.01. The number of amides is 2. The number of carbonyl (C=O) groups excluding carboxylic acids is 3. The number of nitrogens with one attached hydrogen (secondary N) is 1. The Hall–Kier alpha value is -1.58. The number of nitrogens with two attached hydrogens (primary N) is 1. The van der Waals surface area contributed by atoms with Crippen molar-refractivity contribution in [3.8, 4) is 0 Å². The van der Waals surface area contributed by atoms with Crippen LogP contribution in [0.2, 0.25) is 0 Å². The first-order chi connectivity index (χ1) is 11.6. The Morgan fingerprint density at radius 3 is 2.54 bits per heavy atom. The number of β-lactam (4-membered cyclic amide) rings is 1. The first-order valence-corrected chi connectivity index (χ1v) is 8.75. The van der Waals surface area contributed by atoms with Crippen molar-refractivity contribution in [3.63, 3.8) is 0 Å². The normalized spacial score (nSPS) is 20.0. The summed E-state index contributed by atoms with van der Waals surface area (Å²) < 4.78 is 33.0. The minimum Gasteiger partial charge on any atom is -0.731 e. The van der Waals surface area contributed by atoms with E-state index in [1.807, 2.05) is 0 Å². The van der Waals surface area contributed by atoms with Gasteiger partial charge in [0.1, 0.15) is 24.9 Å². The van der Waals surface area contributed by atoms with E-state index in [9.17, 15) is 27.4 Å². The fraction of sp³-hybridized carbons (Fsp3) is 0.364. The maximum Gasteiger partial charge on any atom is 1.00 e. The maximum atomic E-state index is 12.3. The van der Waals surface area contributed by atoms with Crippen molar-refractivity contribution in [2.24, 2.45) is 5.16 Å². The van der Waals surface area contributed by atoms with E-state index in [1.165, 1.54) is 12.5 Å². The Balaban J connectivity index is 0.00000338. The van der Waals surface area contributed by atoms with E-state index in [0.29, 0.717) is 0 Å². The number of rotatable bonds is 6. The van der Waals surface area contributed by atoms with Crippen LogP contribution in [0.5, 0.6) is 0 Å². The number of nitrogen functional groups attached to an aromatic ring is 1. The molecular formula is C11H12N5NaO7S2.